The Balaban J connectivity index is 1.50. The molecule has 4 nitrogen and oxygen atoms in total. The standard InChI is InChI=1S/C19H21Cl2N3O/c1-13(11-24-9-8-14-4-2-3-5-15(14)12-24)22-19(25)23-16-6-7-17(20)18(21)10-16/h2-7,10,13H,8-9,11-12H2,1H3,(H2,22,23,25). The van der Waals surface area contributed by atoms with Crippen molar-refractivity contribution in [2.75, 3.05) is 18.4 Å². The zero-order valence-electron chi connectivity index (χ0n) is 14.1. The highest BCUT2D eigenvalue weighted by Gasteiger charge is 2.18. The Morgan fingerprint density at radius 2 is 1.92 bits per heavy atom. The van der Waals surface area contributed by atoms with Crippen LogP contribution in [-0.4, -0.2) is 30.1 Å². The van der Waals surface area contributed by atoms with E-state index in [0.29, 0.717) is 15.7 Å². The fourth-order valence-corrected chi connectivity index (χ4v) is 3.41. The van der Waals surface area contributed by atoms with Crippen LogP contribution in [0.15, 0.2) is 42.5 Å². The molecule has 0 radical (unpaired) electrons. The Morgan fingerprint density at radius 1 is 1.16 bits per heavy atom. The van der Waals surface area contributed by atoms with E-state index in [4.69, 9.17) is 23.2 Å². The second-order valence-electron chi connectivity index (χ2n) is 6.38. The molecule has 132 valence electrons. The monoisotopic (exact) mass is 377 g/mol. The largest absolute Gasteiger partial charge is 0.334 e. The van der Waals surface area contributed by atoms with Gasteiger partial charge < -0.3 is 10.6 Å². The van der Waals surface area contributed by atoms with E-state index >= 15 is 0 Å². The molecule has 2 N–H and O–H groups in total. The predicted molar refractivity (Wildman–Crippen MR) is 104 cm³/mol. The minimum atomic E-state index is -0.247. The van der Waals surface area contributed by atoms with Gasteiger partial charge in [-0.1, -0.05) is 47.5 Å². The van der Waals surface area contributed by atoms with Crippen LogP contribution in [-0.2, 0) is 13.0 Å². The first kappa shape index (κ1) is 18.1. The topological polar surface area (TPSA) is 44.4 Å². The van der Waals surface area contributed by atoms with Crippen LogP contribution in [0.1, 0.15) is 18.1 Å². The highest BCUT2D eigenvalue weighted by atomic mass is 35.5. The number of urea groups is 1. The SMILES string of the molecule is CC(CN1CCc2ccccc2C1)NC(=O)Nc1ccc(Cl)c(Cl)c1. The fraction of sp³-hybridized carbons (Fsp3) is 0.316. The molecule has 1 aliphatic rings. The van der Waals surface area contributed by atoms with Crippen molar-refractivity contribution in [1.29, 1.82) is 0 Å². The predicted octanol–water partition coefficient (Wildman–Crippen LogP) is 4.56. The minimum absolute atomic E-state index is 0.0352. The lowest BCUT2D eigenvalue weighted by Gasteiger charge is -2.31. The maximum atomic E-state index is 12.1. The van der Waals surface area contributed by atoms with Crippen LogP contribution in [0.25, 0.3) is 0 Å². The summed E-state index contributed by atoms with van der Waals surface area (Å²) in [5.41, 5.74) is 3.42. The third-order valence-corrected chi connectivity index (χ3v) is 5.04. The summed E-state index contributed by atoms with van der Waals surface area (Å²) in [7, 11) is 0. The van der Waals surface area contributed by atoms with Gasteiger partial charge in [-0.05, 0) is 42.7 Å². The lowest BCUT2D eigenvalue weighted by molar-refractivity contribution is 0.221. The van der Waals surface area contributed by atoms with Crippen molar-refractivity contribution in [2.24, 2.45) is 0 Å². The molecule has 2 amide bonds. The summed E-state index contributed by atoms with van der Waals surface area (Å²) in [5.74, 6) is 0. The molecule has 6 heteroatoms. The second-order valence-corrected chi connectivity index (χ2v) is 7.20. The van der Waals surface area contributed by atoms with Crippen LogP contribution >= 0.6 is 23.2 Å². The minimum Gasteiger partial charge on any atom is -0.334 e. The van der Waals surface area contributed by atoms with Gasteiger partial charge in [0.1, 0.15) is 0 Å². The number of anilines is 1. The maximum absolute atomic E-state index is 12.1. The number of hydrogen-bond donors (Lipinski definition) is 2. The van der Waals surface area contributed by atoms with Gasteiger partial charge in [0.25, 0.3) is 0 Å². The molecule has 0 saturated heterocycles. The van der Waals surface area contributed by atoms with Crippen LogP contribution in [0.2, 0.25) is 10.0 Å². The molecule has 1 heterocycles. The van der Waals surface area contributed by atoms with Gasteiger partial charge in [0.05, 0.1) is 10.0 Å². The van der Waals surface area contributed by atoms with Gasteiger partial charge in [0.15, 0.2) is 0 Å². The van der Waals surface area contributed by atoms with Crippen molar-refractivity contribution in [3.63, 3.8) is 0 Å². The van der Waals surface area contributed by atoms with E-state index in [9.17, 15) is 4.79 Å². The first-order valence-electron chi connectivity index (χ1n) is 8.33. The zero-order valence-corrected chi connectivity index (χ0v) is 15.6. The number of rotatable bonds is 4. The van der Waals surface area contributed by atoms with Gasteiger partial charge in [-0.15, -0.1) is 0 Å². The van der Waals surface area contributed by atoms with Gasteiger partial charge >= 0.3 is 6.03 Å². The van der Waals surface area contributed by atoms with E-state index in [0.717, 1.165) is 26.1 Å². The van der Waals surface area contributed by atoms with Crippen molar-refractivity contribution < 1.29 is 4.79 Å². The molecule has 0 fully saturated rings. The summed E-state index contributed by atoms with van der Waals surface area (Å²) in [6.07, 6.45) is 1.05. The molecule has 2 aromatic rings. The first-order chi connectivity index (χ1) is 12.0. The quantitative estimate of drug-likeness (QED) is 0.819. The number of carbonyl (C=O) groups is 1. The molecule has 0 saturated carbocycles. The third kappa shape index (κ3) is 4.88. The van der Waals surface area contributed by atoms with Crippen molar-refractivity contribution in [1.82, 2.24) is 10.2 Å². The Bertz CT molecular complexity index is 766. The molecule has 1 aliphatic heterocycles. The average molecular weight is 378 g/mol. The van der Waals surface area contributed by atoms with Crippen molar-refractivity contribution in [3.05, 3.63) is 63.6 Å². The number of fused-ring (bicyclic) bond motifs is 1. The number of nitrogens with zero attached hydrogens (tertiary/aromatic N) is 1. The normalized spacial score (nSPS) is 15.3. The van der Waals surface area contributed by atoms with Gasteiger partial charge in [0.2, 0.25) is 0 Å². The van der Waals surface area contributed by atoms with E-state index in [-0.39, 0.29) is 12.1 Å². The molecule has 2 aromatic carbocycles. The Kier molecular flexibility index (Phi) is 5.84. The molecule has 3 rings (SSSR count). The van der Waals surface area contributed by atoms with Crippen LogP contribution < -0.4 is 10.6 Å². The number of halogens is 2. The number of benzene rings is 2. The summed E-state index contributed by atoms with van der Waals surface area (Å²) < 4.78 is 0. The maximum Gasteiger partial charge on any atom is 0.319 e. The molecule has 0 bridgehead atoms. The smallest absolute Gasteiger partial charge is 0.319 e. The fourth-order valence-electron chi connectivity index (χ4n) is 3.11. The molecule has 1 unspecified atom stereocenters. The number of carbonyl (C=O) groups excluding carboxylic acids is 1. The van der Waals surface area contributed by atoms with Crippen LogP contribution in [0.5, 0.6) is 0 Å². The molecular formula is C19H21Cl2N3O. The molecule has 25 heavy (non-hydrogen) atoms. The second kappa shape index (κ2) is 8.09. The summed E-state index contributed by atoms with van der Waals surface area (Å²) in [6, 6.07) is 13.3. The average Bonchev–Trinajstić information content (AvgIpc) is 2.58. The van der Waals surface area contributed by atoms with E-state index in [1.807, 2.05) is 6.92 Å². The van der Waals surface area contributed by atoms with Gasteiger partial charge in [0, 0.05) is 31.4 Å². The highest BCUT2D eigenvalue weighted by Crippen LogP contribution is 2.25. The van der Waals surface area contributed by atoms with Crippen LogP contribution in [0.3, 0.4) is 0 Å². The van der Waals surface area contributed by atoms with E-state index in [1.54, 1.807) is 18.2 Å². The first-order valence-corrected chi connectivity index (χ1v) is 9.08. The van der Waals surface area contributed by atoms with E-state index in [1.165, 1.54) is 11.1 Å². The number of hydrogen-bond acceptors (Lipinski definition) is 2. The van der Waals surface area contributed by atoms with Gasteiger partial charge in [-0.25, -0.2) is 4.79 Å². The lowest BCUT2D eigenvalue weighted by Crippen LogP contribution is -2.45. The lowest BCUT2D eigenvalue weighted by atomic mass is 10.00. The van der Waals surface area contributed by atoms with Crippen molar-refractivity contribution in [2.45, 2.75) is 25.9 Å². The molecule has 1 atom stereocenters. The Morgan fingerprint density at radius 3 is 2.68 bits per heavy atom. The molecular weight excluding hydrogens is 357 g/mol. The molecule has 0 aromatic heterocycles. The molecule has 0 spiro atoms. The Labute approximate surface area is 158 Å². The summed E-state index contributed by atoms with van der Waals surface area (Å²) in [6.45, 7) is 4.76. The highest BCUT2D eigenvalue weighted by molar-refractivity contribution is 6.42. The summed E-state index contributed by atoms with van der Waals surface area (Å²) >= 11 is 11.8. The van der Waals surface area contributed by atoms with Crippen molar-refractivity contribution >= 4 is 34.9 Å². The summed E-state index contributed by atoms with van der Waals surface area (Å²) in [4.78, 5) is 14.5. The van der Waals surface area contributed by atoms with Gasteiger partial charge in [-0.2, -0.15) is 0 Å². The van der Waals surface area contributed by atoms with Crippen LogP contribution in [0.4, 0.5) is 10.5 Å². The van der Waals surface area contributed by atoms with Crippen molar-refractivity contribution in [3.8, 4) is 0 Å². The number of nitrogens with one attached hydrogen (secondary N) is 2. The van der Waals surface area contributed by atoms with E-state index in [2.05, 4.69) is 39.8 Å². The summed E-state index contributed by atoms with van der Waals surface area (Å²) in [5, 5.41) is 6.63. The van der Waals surface area contributed by atoms with Crippen LogP contribution in [0, 0.1) is 0 Å². The zero-order chi connectivity index (χ0) is 17.8. The van der Waals surface area contributed by atoms with Gasteiger partial charge in [-0.3, -0.25) is 4.90 Å². The molecule has 0 aliphatic carbocycles. The Hall–Kier alpha value is -1.75. The third-order valence-electron chi connectivity index (χ3n) is 4.30. The van der Waals surface area contributed by atoms with E-state index < -0.39 is 0 Å². The number of amides is 2.